The molecular weight excluding hydrogens is 319 g/mol. The molecule has 0 aromatic heterocycles. The van der Waals surface area contributed by atoms with E-state index in [-0.39, 0.29) is 6.42 Å². The number of ether oxygens (including phenoxy) is 1. The Morgan fingerprint density at radius 2 is 2.06 bits per heavy atom. The van der Waals surface area contributed by atoms with Gasteiger partial charge in [0.2, 0.25) is 0 Å². The van der Waals surface area contributed by atoms with Gasteiger partial charge in [0.1, 0.15) is 16.8 Å². The van der Waals surface area contributed by atoms with Crippen LogP contribution in [-0.2, 0) is 27.3 Å². The molecule has 0 fully saturated rings. The van der Waals surface area contributed by atoms with Crippen LogP contribution in [0.3, 0.4) is 0 Å². The highest BCUT2D eigenvalue weighted by Gasteiger charge is 2.24. The Balaban J connectivity index is 2.38. The van der Waals surface area contributed by atoms with Crippen LogP contribution in [0.2, 0.25) is 10.0 Å². The quantitative estimate of drug-likeness (QED) is 0.631. The van der Waals surface area contributed by atoms with Crippen molar-refractivity contribution >= 4 is 63.5 Å². The molecule has 0 radical (unpaired) electrons. The monoisotopic (exact) mass is 324 g/mol. The number of rotatable bonds is 3. The standard InChI is InChI=1S/C10H7Cl3N2O2S/c1-17-10(16)7(13)2-4-5(11)3-6(12)9-8(4)14-18-15-9/h3,7H,2H2,1H3. The van der Waals surface area contributed by atoms with Crippen LogP contribution in [0, 0.1) is 0 Å². The summed E-state index contributed by atoms with van der Waals surface area (Å²) in [5.41, 5.74) is 1.79. The SMILES string of the molecule is COC(=O)C(Cl)Cc1c(Cl)cc(Cl)c2c1N=S=N2. The van der Waals surface area contributed by atoms with Crippen molar-refractivity contribution in [2.45, 2.75) is 11.8 Å². The van der Waals surface area contributed by atoms with E-state index in [9.17, 15) is 4.79 Å². The number of halogens is 3. The van der Waals surface area contributed by atoms with Gasteiger partial charge in [0.25, 0.3) is 0 Å². The highest BCUT2D eigenvalue weighted by molar-refractivity contribution is 7.58. The van der Waals surface area contributed by atoms with Crippen molar-refractivity contribution in [2.24, 2.45) is 8.73 Å². The van der Waals surface area contributed by atoms with Crippen LogP contribution in [0.4, 0.5) is 11.4 Å². The van der Waals surface area contributed by atoms with E-state index in [0.29, 0.717) is 27.0 Å². The zero-order valence-electron chi connectivity index (χ0n) is 9.11. The van der Waals surface area contributed by atoms with Gasteiger partial charge in [0.05, 0.1) is 23.5 Å². The number of hydrogen-bond donors (Lipinski definition) is 0. The number of hydrogen-bond acceptors (Lipinski definition) is 4. The molecule has 1 atom stereocenters. The summed E-state index contributed by atoms with van der Waals surface area (Å²) in [5, 5.41) is 0.0185. The van der Waals surface area contributed by atoms with Crippen LogP contribution in [0.5, 0.6) is 0 Å². The molecule has 1 unspecified atom stereocenters. The number of benzene rings is 1. The van der Waals surface area contributed by atoms with Crippen LogP contribution < -0.4 is 0 Å². The molecule has 0 N–H and O–H groups in total. The van der Waals surface area contributed by atoms with Crippen LogP contribution in [0.1, 0.15) is 5.56 Å². The van der Waals surface area contributed by atoms with Crippen LogP contribution in [0.15, 0.2) is 14.8 Å². The minimum atomic E-state index is -0.821. The van der Waals surface area contributed by atoms with E-state index in [2.05, 4.69) is 13.5 Å². The fourth-order valence-corrected chi connectivity index (χ4v) is 2.96. The van der Waals surface area contributed by atoms with Crippen molar-refractivity contribution in [2.75, 3.05) is 7.11 Å². The van der Waals surface area contributed by atoms with Crippen molar-refractivity contribution in [3.8, 4) is 0 Å². The first-order valence-electron chi connectivity index (χ1n) is 4.85. The van der Waals surface area contributed by atoms with Gasteiger partial charge in [0.15, 0.2) is 0 Å². The van der Waals surface area contributed by atoms with E-state index in [1.807, 2.05) is 0 Å². The summed E-state index contributed by atoms with van der Waals surface area (Å²) in [6, 6.07) is 1.57. The van der Waals surface area contributed by atoms with E-state index in [4.69, 9.17) is 34.8 Å². The van der Waals surface area contributed by atoms with Crippen molar-refractivity contribution in [3.63, 3.8) is 0 Å². The molecule has 8 heteroatoms. The Morgan fingerprint density at radius 3 is 2.72 bits per heavy atom. The minimum absolute atomic E-state index is 0.214. The van der Waals surface area contributed by atoms with Crippen LogP contribution in [0.25, 0.3) is 0 Å². The van der Waals surface area contributed by atoms with Crippen molar-refractivity contribution in [3.05, 3.63) is 21.7 Å². The first kappa shape index (κ1) is 13.8. The highest BCUT2D eigenvalue weighted by Crippen LogP contribution is 2.45. The molecule has 0 aliphatic carbocycles. The fraction of sp³-hybridized carbons (Fsp3) is 0.300. The van der Waals surface area contributed by atoms with E-state index in [1.54, 1.807) is 6.07 Å². The normalized spacial score (nSPS) is 14.0. The van der Waals surface area contributed by atoms with Gasteiger partial charge in [-0.3, -0.25) is 4.79 Å². The average molecular weight is 326 g/mol. The lowest BCUT2D eigenvalue weighted by Gasteiger charge is -2.11. The van der Waals surface area contributed by atoms with Crippen molar-refractivity contribution < 1.29 is 9.53 Å². The maximum atomic E-state index is 11.3. The zero-order chi connectivity index (χ0) is 13.3. The lowest BCUT2D eigenvalue weighted by atomic mass is 10.1. The van der Waals surface area contributed by atoms with E-state index < -0.39 is 11.3 Å². The number of nitrogens with zero attached hydrogens (tertiary/aromatic N) is 2. The van der Waals surface area contributed by atoms with E-state index in [1.165, 1.54) is 7.11 Å². The Labute approximate surface area is 122 Å². The number of carbonyl (C=O) groups is 1. The summed E-state index contributed by atoms with van der Waals surface area (Å²) >= 11 is 19.1. The average Bonchev–Trinajstić information content (AvgIpc) is 2.82. The summed E-state index contributed by atoms with van der Waals surface area (Å²) < 4.78 is 12.8. The third kappa shape index (κ3) is 2.54. The Bertz CT molecular complexity index is 585. The molecule has 1 aliphatic rings. The molecule has 0 spiro atoms. The number of carbonyl (C=O) groups excluding carboxylic acids is 1. The number of fused-ring (bicyclic) bond motifs is 1. The second kappa shape index (κ2) is 5.57. The summed E-state index contributed by atoms with van der Waals surface area (Å²) in [7, 11) is 1.28. The number of methoxy groups -OCH3 is 1. The molecule has 2 rings (SSSR count). The van der Waals surface area contributed by atoms with Gasteiger partial charge in [0, 0.05) is 17.0 Å². The smallest absolute Gasteiger partial charge is 0.324 e. The third-order valence-corrected chi connectivity index (χ3v) is 3.87. The maximum absolute atomic E-state index is 11.3. The molecule has 0 bridgehead atoms. The molecule has 96 valence electrons. The van der Waals surface area contributed by atoms with E-state index in [0.717, 1.165) is 11.4 Å². The molecule has 0 amide bonds. The van der Waals surface area contributed by atoms with Crippen molar-refractivity contribution in [1.29, 1.82) is 0 Å². The molecule has 0 saturated heterocycles. The van der Waals surface area contributed by atoms with Gasteiger partial charge in [-0.1, -0.05) is 23.2 Å². The first-order valence-corrected chi connectivity index (χ1v) is 6.78. The molecule has 1 aromatic rings. The lowest BCUT2D eigenvalue weighted by Crippen LogP contribution is -2.18. The highest BCUT2D eigenvalue weighted by atomic mass is 35.5. The lowest BCUT2D eigenvalue weighted by molar-refractivity contribution is -0.140. The Hall–Kier alpha value is -0.620. The summed E-state index contributed by atoms with van der Waals surface area (Å²) in [4.78, 5) is 11.3. The van der Waals surface area contributed by atoms with Gasteiger partial charge in [-0.15, -0.1) is 11.6 Å². The fourth-order valence-electron chi connectivity index (χ4n) is 1.51. The second-order valence-corrected chi connectivity index (χ2v) is 5.34. The van der Waals surface area contributed by atoms with Gasteiger partial charge in [-0.05, 0) is 6.07 Å². The summed E-state index contributed by atoms with van der Waals surface area (Å²) in [6.45, 7) is 0. The molecule has 1 heterocycles. The predicted octanol–water partition coefficient (Wildman–Crippen LogP) is 4.04. The van der Waals surface area contributed by atoms with Crippen LogP contribution >= 0.6 is 34.8 Å². The molecule has 1 aliphatic heterocycles. The molecule has 4 nitrogen and oxygen atoms in total. The molecule has 18 heavy (non-hydrogen) atoms. The summed E-state index contributed by atoms with van der Waals surface area (Å²) in [6.07, 6.45) is 0.214. The molecule has 1 aromatic carbocycles. The predicted molar refractivity (Wildman–Crippen MR) is 73.4 cm³/mol. The van der Waals surface area contributed by atoms with Gasteiger partial charge < -0.3 is 4.74 Å². The number of alkyl halides is 1. The Kier molecular flexibility index (Phi) is 4.27. The van der Waals surface area contributed by atoms with Gasteiger partial charge in [-0.25, -0.2) is 0 Å². The second-order valence-electron chi connectivity index (χ2n) is 3.48. The molecular formula is C10H7Cl3N2O2S. The molecule has 0 saturated carbocycles. The van der Waals surface area contributed by atoms with Gasteiger partial charge in [-0.2, -0.15) is 8.73 Å². The van der Waals surface area contributed by atoms with Gasteiger partial charge >= 0.3 is 5.97 Å². The van der Waals surface area contributed by atoms with Crippen molar-refractivity contribution in [1.82, 2.24) is 0 Å². The topological polar surface area (TPSA) is 51.0 Å². The maximum Gasteiger partial charge on any atom is 0.324 e. The van der Waals surface area contributed by atoms with E-state index >= 15 is 0 Å². The largest absolute Gasteiger partial charge is 0.468 e. The first-order chi connectivity index (χ1) is 8.54. The van der Waals surface area contributed by atoms with Crippen LogP contribution in [-0.4, -0.2) is 18.5 Å². The zero-order valence-corrected chi connectivity index (χ0v) is 12.2. The summed E-state index contributed by atoms with van der Waals surface area (Å²) in [5.74, 6) is -0.515. The minimum Gasteiger partial charge on any atom is -0.468 e. The number of esters is 1. The Morgan fingerprint density at radius 1 is 1.39 bits per heavy atom. The third-order valence-electron chi connectivity index (χ3n) is 2.38.